The second-order valence-corrected chi connectivity index (χ2v) is 3.23. The van der Waals surface area contributed by atoms with Crippen LogP contribution in [-0.2, 0) is 0 Å². The van der Waals surface area contributed by atoms with Crippen molar-refractivity contribution in [2.75, 3.05) is 32.1 Å². The standard InChI is InChI=1S/C10H14N2O.CH5N/c1-13-10-6-4-5-9(11-10)12-7-2-3-8-12;1-2/h4-6H,2-3,7-8H2,1H3;2H2,1H3. The molecule has 2 rings (SSSR count). The lowest BCUT2D eigenvalue weighted by molar-refractivity contribution is 0.398. The largest absolute Gasteiger partial charge is 0.481 e. The maximum absolute atomic E-state index is 5.08. The van der Waals surface area contributed by atoms with Crippen LogP contribution in [0.4, 0.5) is 5.82 Å². The molecule has 0 bridgehead atoms. The van der Waals surface area contributed by atoms with E-state index < -0.39 is 0 Å². The summed E-state index contributed by atoms with van der Waals surface area (Å²) < 4.78 is 5.08. The zero-order valence-corrected chi connectivity index (χ0v) is 9.44. The summed E-state index contributed by atoms with van der Waals surface area (Å²) in [6.07, 6.45) is 2.55. The molecule has 2 N–H and O–H groups in total. The molecule has 1 aliphatic heterocycles. The van der Waals surface area contributed by atoms with Crippen LogP contribution in [-0.4, -0.2) is 32.2 Å². The third-order valence-corrected chi connectivity index (χ3v) is 2.35. The molecular weight excluding hydrogens is 190 g/mol. The lowest BCUT2D eigenvalue weighted by atomic mass is 10.4. The Labute approximate surface area is 91.1 Å². The first kappa shape index (κ1) is 11.8. The summed E-state index contributed by atoms with van der Waals surface area (Å²) >= 11 is 0. The van der Waals surface area contributed by atoms with Crippen LogP contribution in [0.2, 0.25) is 0 Å². The van der Waals surface area contributed by atoms with Gasteiger partial charge < -0.3 is 15.4 Å². The van der Waals surface area contributed by atoms with Crippen molar-refractivity contribution in [2.24, 2.45) is 5.73 Å². The van der Waals surface area contributed by atoms with E-state index in [1.807, 2.05) is 18.2 Å². The molecule has 1 aromatic rings. The van der Waals surface area contributed by atoms with Gasteiger partial charge in [0.1, 0.15) is 5.82 Å². The van der Waals surface area contributed by atoms with Gasteiger partial charge in [-0.15, -0.1) is 0 Å². The zero-order valence-electron chi connectivity index (χ0n) is 9.44. The highest BCUT2D eigenvalue weighted by atomic mass is 16.5. The van der Waals surface area contributed by atoms with E-state index in [0.717, 1.165) is 18.9 Å². The van der Waals surface area contributed by atoms with Crippen molar-refractivity contribution in [3.05, 3.63) is 18.2 Å². The smallest absolute Gasteiger partial charge is 0.214 e. The number of hydrogen-bond acceptors (Lipinski definition) is 4. The Morgan fingerprint density at radius 2 is 1.93 bits per heavy atom. The first-order chi connectivity index (χ1) is 7.40. The number of nitrogens with zero attached hydrogens (tertiary/aromatic N) is 2. The third kappa shape index (κ3) is 3.09. The molecule has 1 aromatic heterocycles. The van der Waals surface area contributed by atoms with Gasteiger partial charge in [-0.3, -0.25) is 0 Å². The monoisotopic (exact) mass is 209 g/mol. The molecule has 0 amide bonds. The van der Waals surface area contributed by atoms with E-state index in [-0.39, 0.29) is 0 Å². The molecule has 0 unspecified atom stereocenters. The molecule has 2 heterocycles. The molecule has 1 aliphatic rings. The summed E-state index contributed by atoms with van der Waals surface area (Å²) in [4.78, 5) is 6.67. The van der Waals surface area contributed by atoms with Crippen LogP contribution in [0.3, 0.4) is 0 Å². The molecule has 84 valence electrons. The maximum Gasteiger partial charge on any atom is 0.214 e. The fraction of sp³-hybridized carbons (Fsp3) is 0.545. The number of pyridine rings is 1. The van der Waals surface area contributed by atoms with Gasteiger partial charge in [0.15, 0.2) is 0 Å². The number of ether oxygens (including phenoxy) is 1. The minimum absolute atomic E-state index is 0.699. The molecule has 1 fully saturated rings. The lowest BCUT2D eigenvalue weighted by Gasteiger charge is -2.16. The van der Waals surface area contributed by atoms with Gasteiger partial charge in [-0.25, -0.2) is 0 Å². The minimum Gasteiger partial charge on any atom is -0.481 e. The van der Waals surface area contributed by atoms with Crippen molar-refractivity contribution < 1.29 is 4.74 Å². The number of aromatic nitrogens is 1. The van der Waals surface area contributed by atoms with E-state index >= 15 is 0 Å². The molecular formula is C11H19N3O. The maximum atomic E-state index is 5.08. The van der Waals surface area contributed by atoms with Gasteiger partial charge in [-0.05, 0) is 26.0 Å². The van der Waals surface area contributed by atoms with Gasteiger partial charge in [0, 0.05) is 19.2 Å². The summed E-state index contributed by atoms with van der Waals surface area (Å²) in [5.74, 6) is 1.74. The Morgan fingerprint density at radius 3 is 2.53 bits per heavy atom. The van der Waals surface area contributed by atoms with Crippen LogP contribution in [0, 0.1) is 0 Å². The molecule has 4 heteroatoms. The van der Waals surface area contributed by atoms with Crippen molar-refractivity contribution in [3.63, 3.8) is 0 Å². The topological polar surface area (TPSA) is 51.4 Å². The first-order valence-corrected chi connectivity index (χ1v) is 5.24. The zero-order chi connectivity index (χ0) is 11.1. The molecule has 0 radical (unpaired) electrons. The van der Waals surface area contributed by atoms with Gasteiger partial charge in [-0.2, -0.15) is 4.98 Å². The van der Waals surface area contributed by atoms with Crippen molar-refractivity contribution >= 4 is 5.82 Å². The molecule has 1 saturated heterocycles. The summed E-state index contributed by atoms with van der Waals surface area (Å²) in [5.41, 5.74) is 4.50. The van der Waals surface area contributed by atoms with Crippen LogP contribution in [0.15, 0.2) is 18.2 Å². The van der Waals surface area contributed by atoms with Crippen LogP contribution < -0.4 is 15.4 Å². The Bertz CT molecular complexity index is 285. The highest BCUT2D eigenvalue weighted by Crippen LogP contribution is 2.19. The van der Waals surface area contributed by atoms with Gasteiger partial charge in [0.05, 0.1) is 7.11 Å². The fourth-order valence-corrected chi connectivity index (χ4v) is 1.64. The number of rotatable bonds is 2. The normalized spacial score (nSPS) is 14.5. The second kappa shape index (κ2) is 6.24. The van der Waals surface area contributed by atoms with Gasteiger partial charge in [0.2, 0.25) is 5.88 Å². The third-order valence-electron chi connectivity index (χ3n) is 2.35. The van der Waals surface area contributed by atoms with E-state index in [1.54, 1.807) is 7.11 Å². The van der Waals surface area contributed by atoms with Crippen LogP contribution in [0.1, 0.15) is 12.8 Å². The van der Waals surface area contributed by atoms with Crippen LogP contribution in [0.5, 0.6) is 5.88 Å². The summed E-state index contributed by atoms with van der Waals surface area (Å²) in [6, 6.07) is 5.90. The highest BCUT2D eigenvalue weighted by Gasteiger charge is 2.13. The van der Waals surface area contributed by atoms with Crippen molar-refractivity contribution in [1.29, 1.82) is 0 Å². The van der Waals surface area contributed by atoms with Crippen molar-refractivity contribution in [1.82, 2.24) is 4.98 Å². The molecule has 4 nitrogen and oxygen atoms in total. The van der Waals surface area contributed by atoms with E-state index in [4.69, 9.17) is 4.74 Å². The number of methoxy groups -OCH3 is 1. The molecule has 15 heavy (non-hydrogen) atoms. The summed E-state index contributed by atoms with van der Waals surface area (Å²) in [6.45, 7) is 2.25. The Balaban J connectivity index is 0.000000531. The number of hydrogen-bond donors (Lipinski definition) is 1. The molecule has 0 aliphatic carbocycles. The van der Waals surface area contributed by atoms with Crippen LogP contribution >= 0.6 is 0 Å². The Hall–Kier alpha value is -1.29. The van der Waals surface area contributed by atoms with E-state index in [0.29, 0.717) is 5.88 Å². The average Bonchev–Trinajstić information content (AvgIpc) is 2.85. The molecule has 0 atom stereocenters. The number of anilines is 1. The highest BCUT2D eigenvalue weighted by molar-refractivity contribution is 5.41. The average molecular weight is 209 g/mol. The number of nitrogens with two attached hydrogens (primary N) is 1. The van der Waals surface area contributed by atoms with Gasteiger partial charge >= 0.3 is 0 Å². The fourth-order valence-electron chi connectivity index (χ4n) is 1.64. The van der Waals surface area contributed by atoms with Crippen molar-refractivity contribution in [2.45, 2.75) is 12.8 Å². The SMILES string of the molecule is CN.COc1cccc(N2CCCC2)n1. The predicted molar refractivity (Wildman–Crippen MR) is 62.3 cm³/mol. The predicted octanol–water partition coefficient (Wildman–Crippen LogP) is 1.27. The van der Waals surface area contributed by atoms with Gasteiger partial charge in [0.25, 0.3) is 0 Å². The summed E-state index contributed by atoms with van der Waals surface area (Å²) in [7, 11) is 3.15. The first-order valence-electron chi connectivity index (χ1n) is 5.24. The Kier molecular flexibility index (Phi) is 4.90. The lowest BCUT2D eigenvalue weighted by Crippen LogP contribution is -2.18. The second-order valence-electron chi connectivity index (χ2n) is 3.23. The van der Waals surface area contributed by atoms with E-state index in [9.17, 15) is 0 Å². The van der Waals surface area contributed by atoms with E-state index in [1.165, 1.54) is 19.9 Å². The molecule has 0 aromatic carbocycles. The summed E-state index contributed by atoms with van der Waals surface area (Å²) in [5, 5.41) is 0. The van der Waals surface area contributed by atoms with E-state index in [2.05, 4.69) is 15.6 Å². The quantitative estimate of drug-likeness (QED) is 0.797. The Morgan fingerprint density at radius 1 is 1.27 bits per heavy atom. The molecule has 0 saturated carbocycles. The molecule has 0 spiro atoms. The van der Waals surface area contributed by atoms with Gasteiger partial charge in [-0.1, -0.05) is 6.07 Å². The minimum atomic E-state index is 0.699. The van der Waals surface area contributed by atoms with Crippen LogP contribution in [0.25, 0.3) is 0 Å². The van der Waals surface area contributed by atoms with Crippen molar-refractivity contribution in [3.8, 4) is 5.88 Å².